The summed E-state index contributed by atoms with van der Waals surface area (Å²) in [4.78, 5) is 15.7. The lowest BCUT2D eigenvalue weighted by Crippen LogP contribution is -2.11. The molecule has 19 heavy (non-hydrogen) atoms. The average Bonchev–Trinajstić information content (AvgIpc) is 2.77. The minimum Gasteiger partial charge on any atom is -0.302 e. The number of carbonyl (C=O) groups is 1. The van der Waals surface area contributed by atoms with E-state index in [1.165, 1.54) is 11.3 Å². The number of rotatable bonds is 4. The van der Waals surface area contributed by atoms with Gasteiger partial charge in [0.05, 0.1) is 10.7 Å². The van der Waals surface area contributed by atoms with Crippen LogP contribution in [0.3, 0.4) is 0 Å². The molecule has 1 N–H and O–H groups in total. The monoisotopic (exact) mass is 334 g/mol. The van der Waals surface area contributed by atoms with Gasteiger partial charge in [-0.1, -0.05) is 23.2 Å². The molecule has 1 heterocycles. The maximum atomic E-state index is 11.4. The Bertz CT molecular complexity index is 600. The van der Waals surface area contributed by atoms with Crippen molar-refractivity contribution in [2.75, 3.05) is 11.2 Å². The van der Waals surface area contributed by atoms with E-state index in [2.05, 4.69) is 10.3 Å². The fourth-order valence-corrected chi connectivity index (χ4v) is 2.82. The van der Waals surface area contributed by atoms with Gasteiger partial charge in [0.15, 0.2) is 5.13 Å². The normalized spacial score (nSPS) is 10.5. The molecule has 0 aliphatic rings. The van der Waals surface area contributed by atoms with Gasteiger partial charge in [-0.05, 0) is 18.2 Å². The summed E-state index contributed by atoms with van der Waals surface area (Å²) < 4.78 is 0. The molecule has 0 atom stereocenters. The van der Waals surface area contributed by atoms with Crippen LogP contribution in [0.5, 0.6) is 0 Å². The fraction of sp³-hybridized carbons (Fsp3) is 0.167. The molecule has 1 amide bonds. The van der Waals surface area contributed by atoms with E-state index in [-0.39, 0.29) is 18.2 Å². The Morgan fingerprint density at radius 1 is 1.37 bits per heavy atom. The summed E-state index contributed by atoms with van der Waals surface area (Å²) in [7, 11) is 0. The van der Waals surface area contributed by atoms with Crippen molar-refractivity contribution in [2.45, 2.75) is 6.42 Å². The SMILES string of the molecule is O=C(CCCl)Nc1nc(-c2ccc(Cl)cc2Cl)cs1. The van der Waals surface area contributed by atoms with E-state index >= 15 is 0 Å². The molecule has 0 saturated carbocycles. The van der Waals surface area contributed by atoms with Crippen LogP contribution >= 0.6 is 46.1 Å². The molecule has 0 aliphatic heterocycles. The average molecular weight is 336 g/mol. The summed E-state index contributed by atoms with van der Waals surface area (Å²) in [5.74, 6) is 0.130. The molecule has 0 aliphatic carbocycles. The second-order valence-corrected chi connectivity index (χ2v) is 5.73. The molecule has 1 aromatic carbocycles. The van der Waals surface area contributed by atoms with Gasteiger partial charge in [-0.25, -0.2) is 4.98 Å². The molecule has 1 aromatic heterocycles. The van der Waals surface area contributed by atoms with Crippen LogP contribution < -0.4 is 5.32 Å². The Balaban J connectivity index is 2.18. The van der Waals surface area contributed by atoms with E-state index in [4.69, 9.17) is 34.8 Å². The van der Waals surface area contributed by atoms with Crippen LogP contribution in [0.25, 0.3) is 11.3 Å². The Labute approximate surface area is 129 Å². The highest BCUT2D eigenvalue weighted by molar-refractivity contribution is 7.14. The summed E-state index contributed by atoms with van der Waals surface area (Å²) in [6.07, 6.45) is 0.262. The topological polar surface area (TPSA) is 42.0 Å². The van der Waals surface area contributed by atoms with Gasteiger partial charge in [0.2, 0.25) is 5.91 Å². The second kappa shape index (κ2) is 6.57. The molecular weight excluding hydrogens is 327 g/mol. The standard InChI is InChI=1S/C12H9Cl3N2OS/c13-4-3-11(18)17-12-16-10(6-19-12)8-2-1-7(14)5-9(8)15/h1-2,5-6H,3-4H2,(H,16,17,18). The second-order valence-electron chi connectivity index (χ2n) is 3.65. The summed E-state index contributed by atoms with van der Waals surface area (Å²) in [6, 6.07) is 5.20. The maximum absolute atomic E-state index is 11.4. The lowest BCUT2D eigenvalue weighted by Gasteiger charge is -2.01. The Morgan fingerprint density at radius 3 is 2.84 bits per heavy atom. The number of thiazole rings is 1. The van der Waals surface area contributed by atoms with Crippen molar-refractivity contribution in [3.63, 3.8) is 0 Å². The third kappa shape index (κ3) is 3.83. The number of amides is 1. The molecule has 7 heteroatoms. The Kier molecular flexibility index (Phi) is 5.05. The van der Waals surface area contributed by atoms with Gasteiger partial charge in [0.25, 0.3) is 0 Å². The number of hydrogen-bond donors (Lipinski definition) is 1. The van der Waals surface area contributed by atoms with Crippen LogP contribution in [-0.4, -0.2) is 16.8 Å². The molecule has 0 radical (unpaired) electrons. The highest BCUT2D eigenvalue weighted by Gasteiger charge is 2.10. The lowest BCUT2D eigenvalue weighted by atomic mass is 10.2. The summed E-state index contributed by atoms with van der Waals surface area (Å²) in [5, 5.41) is 6.12. The van der Waals surface area contributed by atoms with E-state index in [0.717, 1.165) is 5.56 Å². The first-order valence-corrected chi connectivity index (χ1v) is 7.54. The number of nitrogens with zero attached hydrogens (tertiary/aromatic N) is 1. The number of nitrogens with one attached hydrogen (secondary N) is 1. The number of anilines is 1. The van der Waals surface area contributed by atoms with Crippen LogP contribution in [0.2, 0.25) is 10.0 Å². The van der Waals surface area contributed by atoms with Crippen LogP contribution in [0.15, 0.2) is 23.6 Å². The van der Waals surface area contributed by atoms with Gasteiger partial charge in [-0.15, -0.1) is 22.9 Å². The maximum Gasteiger partial charge on any atom is 0.227 e. The van der Waals surface area contributed by atoms with Crippen molar-refractivity contribution in [1.29, 1.82) is 0 Å². The minimum absolute atomic E-state index is 0.155. The van der Waals surface area contributed by atoms with Crippen molar-refractivity contribution < 1.29 is 4.79 Å². The van der Waals surface area contributed by atoms with Crippen molar-refractivity contribution in [2.24, 2.45) is 0 Å². The zero-order valence-electron chi connectivity index (χ0n) is 9.62. The molecule has 100 valence electrons. The van der Waals surface area contributed by atoms with Crippen molar-refractivity contribution in [1.82, 2.24) is 4.98 Å². The van der Waals surface area contributed by atoms with Gasteiger partial charge < -0.3 is 5.32 Å². The zero-order valence-corrected chi connectivity index (χ0v) is 12.7. The number of hydrogen-bond acceptors (Lipinski definition) is 3. The first-order valence-electron chi connectivity index (χ1n) is 5.37. The summed E-state index contributed by atoms with van der Waals surface area (Å²) in [6.45, 7) is 0. The third-order valence-corrected chi connectivity index (χ3v) is 3.77. The highest BCUT2D eigenvalue weighted by atomic mass is 35.5. The number of benzene rings is 1. The van der Waals surface area contributed by atoms with Gasteiger partial charge in [-0.2, -0.15) is 0 Å². The van der Waals surface area contributed by atoms with Gasteiger partial charge in [0, 0.05) is 28.3 Å². The van der Waals surface area contributed by atoms with E-state index in [1.807, 2.05) is 5.38 Å². The van der Waals surface area contributed by atoms with Gasteiger partial charge in [-0.3, -0.25) is 4.79 Å². The van der Waals surface area contributed by atoms with E-state index < -0.39 is 0 Å². The zero-order chi connectivity index (χ0) is 13.8. The molecule has 2 rings (SSSR count). The number of alkyl halides is 1. The minimum atomic E-state index is -0.155. The van der Waals surface area contributed by atoms with E-state index in [9.17, 15) is 4.79 Å². The lowest BCUT2D eigenvalue weighted by molar-refractivity contribution is -0.115. The highest BCUT2D eigenvalue weighted by Crippen LogP contribution is 2.32. The molecule has 2 aromatic rings. The molecule has 0 bridgehead atoms. The van der Waals surface area contributed by atoms with Crippen molar-refractivity contribution >= 4 is 57.2 Å². The Morgan fingerprint density at radius 2 is 2.16 bits per heavy atom. The van der Waals surface area contributed by atoms with E-state index in [0.29, 0.717) is 20.9 Å². The molecule has 0 spiro atoms. The van der Waals surface area contributed by atoms with Crippen molar-refractivity contribution in [3.8, 4) is 11.3 Å². The fourth-order valence-electron chi connectivity index (χ4n) is 1.42. The third-order valence-electron chi connectivity index (χ3n) is 2.28. The van der Waals surface area contributed by atoms with E-state index in [1.54, 1.807) is 18.2 Å². The largest absolute Gasteiger partial charge is 0.302 e. The first kappa shape index (κ1) is 14.6. The predicted octanol–water partition coefficient (Wildman–Crippen LogP) is 4.68. The Hall–Kier alpha value is -0.810. The smallest absolute Gasteiger partial charge is 0.227 e. The van der Waals surface area contributed by atoms with Crippen LogP contribution in [0, 0.1) is 0 Å². The molecule has 0 fully saturated rings. The van der Waals surface area contributed by atoms with Gasteiger partial charge >= 0.3 is 0 Å². The number of carbonyl (C=O) groups excluding carboxylic acids is 1. The molecule has 0 unspecified atom stereocenters. The molecule has 0 saturated heterocycles. The van der Waals surface area contributed by atoms with Gasteiger partial charge in [0.1, 0.15) is 0 Å². The van der Waals surface area contributed by atoms with Crippen molar-refractivity contribution in [3.05, 3.63) is 33.6 Å². The number of aromatic nitrogens is 1. The first-order chi connectivity index (χ1) is 9.10. The molecular formula is C12H9Cl3N2OS. The van der Waals surface area contributed by atoms with Crippen LogP contribution in [-0.2, 0) is 4.79 Å². The quantitative estimate of drug-likeness (QED) is 0.824. The summed E-state index contributed by atoms with van der Waals surface area (Å²) >= 11 is 18.8. The molecule has 3 nitrogen and oxygen atoms in total. The van der Waals surface area contributed by atoms with Crippen LogP contribution in [0.4, 0.5) is 5.13 Å². The van der Waals surface area contributed by atoms with Crippen LogP contribution in [0.1, 0.15) is 6.42 Å². The predicted molar refractivity (Wildman–Crippen MR) is 81.5 cm³/mol. The summed E-state index contributed by atoms with van der Waals surface area (Å²) in [5.41, 5.74) is 1.48. The number of halogens is 3.